The molecule has 1 aromatic rings. The Morgan fingerprint density at radius 2 is 1.90 bits per heavy atom. The zero-order chi connectivity index (χ0) is 13.6. The molecule has 1 aromatic carbocycles. The Morgan fingerprint density at radius 1 is 1.14 bits per heavy atom. The van der Waals surface area contributed by atoms with Crippen LogP contribution in [0.3, 0.4) is 0 Å². The summed E-state index contributed by atoms with van der Waals surface area (Å²) in [6.45, 7) is 3.13. The van der Waals surface area contributed by atoms with Crippen LogP contribution in [0.15, 0.2) is 40.3 Å². The molecule has 0 aliphatic carbocycles. The van der Waals surface area contributed by atoms with Gasteiger partial charge in [0.05, 0.1) is 11.4 Å². The standard InChI is InChI=1S/C15H20N4S.ClH/c1-2-6-13(7-3-1)17-15(19-9-4-5-10-19)18-14-12-20-11-8-16-14;/h1-3,6-7H,4-5,8-12H2,(H,16,17,18);1H. The quantitative estimate of drug-likeness (QED) is 0.638. The molecule has 0 aromatic heterocycles. The lowest BCUT2D eigenvalue weighted by atomic mass is 10.3. The van der Waals surface area contributed by atoms with E-state index >= 15 is 0 Å². The second-order valence-corrected chi connectivity index (χ2v) is 6.08. The largest absolute Gasteiger partial charge is 0.372 e. The number of hydrogen-bond acceptors (Lipinski definition) is 2. The first-order valence-electron chi connectivity index (χ1n) is 7.20. The number of para-hydroxylation sites is 1. The summed E-state index contributed by atoms with van der Waals surface area (Å²) in [4.78, 5) is 11.8. The number of hydrogen-bond donors (Lipinski definition) is 1. The van der Waals surface area contributed by atoms with Gasteiger partial charge in [-0.25, -0.2) is 4.99 Å². The van der Waals surface area contributed by atoms with E-state index in [2.05, 4.69) is 10.2 Å². The number of guanidine groups is 1. The van der Waals surface area contributed by atoms with Gasteiger partial charge in [-0.2, -0.15) is 16.8 Å². The van der Waals surface area contributed by atoms with Crippen LogP contribution in [0.25, 0.3) is 0 Å². The number of halogens is 1. The molecule has 0 atom stereocenters. The first kappa shape index (κ1) is 16.2. The van der Waals surface area contributed by atoms with Crippen LogP contribution in [0.1, 0.15) is 12.8 Å². The summed E-state index contributed by atoms with van der Waals surface area (Å²) in [6.07, 6.45) is 2.47. The molecule has 0 spiro atoms. The van der Waals surface area contributed by atoms with Gasteiger partial charge >= 0.3 is 0 Å². The molecule has 2 heterocycles. The molecule has 0 unspecified atom stereocenters. The lowest BCUT2D eigenvalue weighted by Crippen LogP contribution is -2.36. The van der Waals surface area contributed by atoms with E-state index in [0.29, 0.717) is 0 Å². The fraction of sp³-hybridized carbons (Fsp3) is 0.467. The molecule has 0 radical (unpaired) electrons. The van der Waals surface area contributed by atoms with E-state index in [9.17, 15) is 0 Å². The predicted molar refractivity (Wildman–Crippen MR) is 94.4 cm³/mol. The molecule has 2 aliphatic heterocycles. The number of amidine groups is 1. The summed E-state index contributed by atoms with van der Waals surface area (Å²) in [5.74, 6) is 4.04. The van der Waals surface area contributed by atoms with Crippen LogP contribution < -0.4 is 5.32 Å². The van der Waals surface area contributed by atoms with Gasteiger partial charge in [0.15, 0.2) is 0 Å². The number of rotatable bonds is 1. The van der Waals surface area contributed by atoms with Crippen molar-refractivity contribution in [1.29, 1.82) is 0 Å². The maximum absolute atomic E-state index is 4.77. The summed E-state index contributed by atoms with van der Waals surface area (Å²) < 4.78 is 0. The van der Waals surface area contributed by atoms with Crippen LogP contribution >= 0.6 is 24.2 Å². The Bertz CT molecular complexity index is 490. The van der Waals surface area contributed by atoms with Crippen molar-refractivity contribution in [3.8, 4) is 0 Å². The highest BCUT2D eigenvalue weighted by atomic mass is 35.5. The number of nitrogens with zero attached hydrogens (tertiary/aromatic N) is 3. The monoisotopic (exact) mass is 324 g/mol. The van der Waals surface area contributed by atoms with Crippen LogP contribution in [0.2, 0.25) is 0 Å². The normalized spacial score (nSPS) is 21.0. The molecule has 1 N–H and O–H groups in total. The van der Waals surface area contributed by atoms with E-state index in [4.69, 9.17) is 9.98 Å². The van der Waals surface area contributed by atoms with Crippen molar-refractivity contribution in [2.75, 3.05) is 31.1 Å². The topological polar surface area (TPSA) is 40.0 Å². The molecular weight excluding hydrogens is 304 g/mol. The molecule has 3 rings (SSSR count). The predicted octanol–water partition coefficient (Wildman–Crippen LogP) is 2.93. The van der Waals surface area contributed by atoms with Crippen LogP contribution in [0.4, 0.5) is 5.69 Å². The number of likely N-dealkylation sites (tertiary alicyclic amines) is 1. The summed E-state index contributed by atoms with van der Waals surface area (Å²) >= 11 is 1.93. The van der Waals surface area contributed by atoms with E-state index in [1.165, 1.54) is 12.8 Å². The van der Waals surface area contributed by atoms with Crippen LogP contribution in [-0.4, -0.2) is 47.8 Å². The molecular formula is C15H21ClN4S. The van der Waals surface area contributed by atoms with Crippen molar-refractivity contribution in [2.24, 2.45) is 9.98 Å². The zero-order valence-electron chi connectivity index (χ0n) is 12.0. The molecule has 6 heteroatoms. The van der Waals surface area contributed by atoms with Crippen molar-refractivity contribution < 1.29 is 0 Å². The molecule has 2 saturated heterocycles. The molecule has 0 bridgehead atoms. The van der Waals surface area contributed by atoms with Gasteiger partial charge in [-0.05, 0) is 25.0 Å². The third-order valence-electron chi connectivity index (χ3n) is 3.42. The average molecular weight is 325 g/mol. The first-order valence-corrected chi connectivity index (χ1v) is 8.35. The lowest BCUT2D eigenvalue weighted by molar-refractivity contribution is 0.513. The van der Waals surface area contributed by atoms with E-state index in [-0.39, 0.29) is 12.4 Å². The summed E-state index contributed by atoms with van der Waals surface area (Å²) in [5, 5.41) is 3.38. The van der Waals surface area contributed by atoms with E-state index in [0.717, 1.165) is 48.6 Å². The highest BCUT2D eigenvalue weighted by molar-refractivity contribution is 8.00. The van der Waals surface area contributed by atoms with Crippen molar-refractivity contribution in [3.05, 3.63) is 30.3 Å². The van der Waals surface area contributed by atoms with Gasteiger partial charge in [0.25, 0.3) is 0 Å². The summed E-state index contributed by atoms with van der Waals surface area (Å²) in [6, 6.07) is 10.1. The van der Waals surface area contributed by atoms with Gasteiger partial charge in [-0.15, -0.1) is 12.4 Å². The van der Waals surface area contributed by atoms with Crippen LogP contribution in [0, 0.1) is 0 Å². The molecule has 21 heavy (non-hydrogen) atoms. The number of thioether (sulfide) groups is 1. The molecule has 2 aliphatic rings. The van der Waals surface area contributed by atoms with E-state index < -0.39 is 0 Å². The molecule has 0 amide bonds. The van der Waals surface area contributed by atoms with Crippen LogP contribution in [-0.2, 0) is 0 Å². The van der Waals surface area contributed by atoms with Crippen molar-refractivity contribution in [3.63, 3.8) is 0 Å². The summed E-state index contributed by atoms with van der Waals surface area (Å²) in [5.41, 5.74) is 0.974. The van der Waals surface area contributed by atoms with Gasteiger partial charge < -0.3 is 10.2 Å². The Hall–Kier alpha value is -1.20. The van der Waals surface area contributed by atoms with Crippen molar-refractivity contribution in [2.45, 2.75) is 12.8 Å². The van der Waals surface area contributed by atoms with Crippen LogP contribution in [0.5, 0.6) is 0 Å². The van der Waals surface area contributed by atoms with Gasteiger partial charge in [0.2, 0.25) is 5.96 Å². The van der Waals surface area contributed by atoms with Gasteiger partial charge in [0.1, 0.15) is 5.84 Å². The Labute approximate surface area is 136 Å². The fourth-order valence-electron chi connectivity index (χ4n) is 2.38. The zero-order valence-corrected chi connectivity index (χ0v) is 13.6. The average Bonchev–Trinajstić information content (AvgIpc) is 3.03. The minimum atomic E-state index is 0. The van der Waals surface area contributed by atoms with Gasteiger partial charge in [-0.3, -0.25) is 0 Å². The van der Waals surface area contributed by atoms with Gasteiger partial charge in [0, 0.05) is 25.4 Å². The highest BCUT2D eigenvalue weighted by Gasteiger charge is 2.17. The summed E-state index contributed by atoms with van der Waals surface area (Å²) in [7, 11) is 0. The second-order valence-electron chi connectivity index (χ2n) is 4.98. The highest BCUT2D eigenvalue weighted by Crippen LogP contribution is 2.16. The first-order chi connectivity index (χ1) is 9.92. The maximum atomic E-state index is 4.77. The van der Waals surface area contributed by atoms with Crippen molar-refractivity contribution >= 4 is 41.7 Å². The SMILES string of the molecule is Cl.c1ccc(N=C(N=C2CSCCN2)N2CCCC2)cc1. The second kappa shape index (κ2) is 8.29. The molecule has 2 fully saturated rings. The fourth-order valence-corrected chi connectivity index (χ4v) is 3.13. The van der Waals surface area contributed by atoms with E-state index in [1.807, 2.05) is 42.1 Å². The van der Waals surface area contributed by atoms with Crippen molar-refractivity contribution in [1.82, 2.24) is 10.2 Å². The Morgan fingerprint density at radius 3 is 2.57 bits per heavy atom. The molecule has 114 valence electrons. The van der Waals surface area contributed by atoms with Gasteiger partial charge in [-0.1, -0.05) is 18.2 Å². The minimum Gasteiger partial charge on any atom is -0.372 e. The third kappa shape index (κ3) is 4.64. The molecule has 0 saturated carbocycles. The lowest BCUT2D eigenvalue weighted by Gasteiger charge is -2.20. The number of aliphatic imine (C=N–C) groups is 2. The van der Waals surface area contributed by atoms with E-state index in [1.54, 1.807) is 0 Å². The Balaban J connectivity index is 0.00000161. The Kier molecular flexibility index (Phi) is 6.39. The minimum absolute atomic E-state index is 0. The smallest absolute Gasteiger partial charge is 0.227 e. The maximum Gasteiger partial charge on any atom is 0.227 e. The third-order valence-corrected chi connectivity index (χ3v) is 4.39. The number of nitrogens with one attached hydrogen (secondary N) is 1. The number of benzene rings is 1. The molecule has 4 nitrogen and oxygen atoms in total.